The number of nitrogens with one attached hydrogen (secondary N) is 4. The van der Waals surface area contributed by atoms with E-state index in [2.05, 4.69) is 30.9 Å². The molecule has 1 fully saturated rings. The number of furan rings is 1. The van der Waals surface area contributed by atoms with E-state index in [-0.39, 0.29) is 24.3 Å². The normalized spacial score (nSPS) is 16.6. The molecule has 1 saturated heterocycles. The molecule has 0 unspecified atom stereocenters. The number of hydrogen-bond acceptors (Lipinski definition) is 6. The zero-order chi connectivity index (χ0) is 24.6. The first-order chi connectivity index (χ1) is 17.0. The van der Waals surface area contributed by atoms with E-state index in [9.17, 15) is 14.9 Å². The molecular weight excluding hydrogens is 448 g/mol. The predicted octanol–water partition coefficient (Wildman–Crippen LogP) is 2.04. The fourth-order valence-electron chi connectivity index (χ4n) is 4.04. The molecule has 4 N–H and O–H groups in total. The Morgan fingerprint density at radius 2 is 2.26 bits per heavy atom. The van der Waals surface area contributed by atoms with Crippen LogP contribution < -0.4 is 16.0 Å². The summed E-state index contributed by atoms with van der Waals surface area (Å²) in [5.41, 5.74) is 2.39. The van der Waals surface area contributed by atoms with Gasteiger partial charge in [-0.1, -0.05) is 0 Å². The lowest BCUT2D eigenvalue weighted by Gasteiger charge is -2.22. The zero-order valence-electron chi connectivity index (χ0n) is 19.5. The number of guanidine groups is 1. The minimum atomic E-state index is -0.696. The molecule has 1 aromatic carbocycles. The van der Waals surface area contributed by atoms with Crippen LogP contribution in [0.3, 0.4) is 0 Å². The highest BCUT2D eigenvalue weighted by Gasteiger charge is 2.28. The Balaban J connectivity index is 1.40. The van der Waals surface area contributed by atoms with E-state index in [4.69, 9.17) is 4.42 Å². The number of hydrogen-bond donors (Lipinski definition) is 4. The third kappa shape index (κ3) is 6.38. The van der Waals surface area contributed by atoms with E-state index in [0.717, 1.165) is 35.3 Å². The minimum absolute atomic E-state index is 0.0290. The third-order valence-electron chi connectivity index (χ3n) is 5.72. The van der Waals surface area contributed by atoms with E-state index < -0.39 is 6.04 Å². The van der Waals surface area contributed by atoms with Crippen molar-refractivity contribution in [3.8, 4) is 6.19 Å². The molecule has 1 atom stereocenters. The number of aryl methyl sites for hydroxylation is 1. The summed E-state index contributed by atoms with van der Waals surface area (Å²) in [6, 6.07) is 6.75. The summed E-state index contributed by atoms with van der Waals surface area (Å²) >= 11 is 0. The van der Waals surface area contributed by atoms with Gasteiger partial charge in [0.2, 0.25) is 17.8 Å². The van der Waals surface area contributed by atoms with Gasteiger partial charge in [-0.2, -0.15) is 5.26 Å². The summed E-state index contributed by atoms with van der Waals surface area (Å²) in [4.78, 5) is 38.6. The van der Waals surface area contributed by atoms with Gasteiger partial charge in [0.15, 0.2) is 6.19 Å². The van der Waals surface area contributed by atoms with Gasteiger partial charge in [0.25, 0.3) is 0 Å². The third-order valence-corrected chi connectivity index (χ3v) is 5.72. The molecule has 11 heteroatoms. The number of aromatic nitrogens is 2. The van der Waals surface area contributed by atoms with E-state index in [1.54, 1.807) is 12.5 Å². The number of benzene rings is 1. The first-order valence-corrected chi connectivity index (χ1v) is 11.5. The highest BCUT2D eigenvalue weighted by atomic mass is 16.3. The smallest absolute Gasteiger partial charge is 0.247 e. The predicted molar refractivity (Wildman–Crippen MR) is 130 cm³/mol. The van der Waals surface area contributed by atoms with E-state index >= 15 is 0 Å². The van der Waals surface area contributed by atoms with Crippen molar-refractivity contribution < 1.29 is 14.0 Å². The number of nitriles is 1. The number of likely N-dealkylation sites (tertiary alicyclic amines) is 1. The fraction of sp³-hybridized carbons (Fsp3) is 0.375. The molecule has 2 amide bonds. The number of amides is 2. The molecule has 4 rings (SSSR count). The van der Waals surface area contributed by atoms with Crippen molar-refractivity contribution in [2.24, 2.45) is 4.99 Å². The number of anilines is 1. The van der Waals surface area contributed by atoms with Gasteiger partial charge in [-0.3, -0.25) is 14.9 Å². The van der Waals surface area contributed by atoms with E-state index in [1.165, 1.54) is 4.90 Å². The Kier molecular flexibility index (Phi) is 7.62. The number of aliphatic imine (C=N–C) groups is 1. The van der Waals surface area contributed by atoms with E-state index in [0.29, 0.717) is 31.6 Å². The molecule has 182 valence electrons. The maximum Gasteiger partial charge on any atom is 0.247 e. The largest absolute Gasteiger partial charge is 0.461 e. The molecule has 0 saturated carbocycles. The van der Waals surface area contributed by atoms with Crippen LogP contribution in [0.2, 0.25) is 0 Å². The van der Waals surface area contributed by atoms with Gasteiger partial charge in [-0.05, 0) is 50.5 Å². The van der Waals surface area contributed by atoms with Gasteiger partial charge in [-0.25, -0.2) is 9.98 Å². The van der Waals surface area contributed by atoms with Crippen molar-refractivity contribution in [2.75, 3.05) is 25.0 Å². The van der Waals surface area contributed by atoms with Gasteiger partial charge in [0.05, 0.1) is 12.9 Å². The van der Waals surface area contributed by atoms with Crippen molar-refractivity contribution in [3.05, 3.63) is 48.2 Å². The topological polar surface area (TPSA) is 151 Å². The number of H-pyrrole nitrogens is 1. The molecule has 0 bridgehead atoms. The van der Waals surface area contributed by atoms with Crippen molar-refractivity contribution in [2.45, 2.75) is 38.6 Å². The minimum Gasteiger partial charge on any atom is -0.461 e. The second-order valence-corrected chi connectivity index (χ2v) is 8.40. The standard InChI is InChI=1S/C24H28N8O3/c1-16-10-17-11-18(5-6-21(17)35-16)30-24(28-14-25)31-20-4-2-3-9-32(23(20)34)13-22(33)27-8-7-19-12-26-15-29-19/h5-6,10-12,15,20H,2-4,7-9,13H2,1H3,(H,26,29)(H,27,33)(H2,28,30,31)/t20-/m0/s1. The maximum atomic E-state index is 13.2. The van der Waals surface area contributed by atoms with Crippen molar-refractivity contribution >= 4 is 34.4 Å². The summed E-state index contributed by atoms with van der Waals surface area (Å²) in [7, 11) is 0. The van der Waals surface area contributed by atoms with Crippen molar-refractivity contribution in [3.63, 3.8) is 0 Å². The van der Waals surface area contributed by atoms with Crippen molar-refractivity contribution in [1.29, 1.82) is 5.26 Å². The second-order valence-electron chi connectivity index (χ2n) is 8.40. The lowest BCUT2D eigenvalue weighted by atomic mass is 10.1. The Bertz CT molecular complexity index is 1240. The lowest BCUT2D eigenvalue weighted by molar-refractivity contribution is -0.136. The summed E-state index contributed by atoms with van der Waals surface area (Å²) in [5, 5.41) is 18.6. The lowest BCUT2D eigenvalue weighted by Crippen LogP contribution is -2.44. The van der Waals surface area contributed by atoms with Crippen LogP contribution in [0.5, 0.6) is 0 Å². The molecule has 35 heavy (non-hydrogen) atoms. The number of aromatic amines is 1. The Morgan fingerprint density at radius 3 is 3.06 bits per heavy atom. The van der Waals surface area contributed by atoms with Crippen LogP contribution in [0, 0.1) is 18.4 Å². The molecule has 0 radical (unpaired) electrons. The number of nitrogens with zero attached hydrogens (tertiary/aromatic N) is 4. The highest BCUT2D eigenvalue weighted by Crippen LogP contribution is 2.23. The molecule has 0 aliphatic carbocycles. The molecule has 1 aliphatic rings. The summed E-state index contributed by atoms with van der Waals surface area (Å²) < 4.78 is 5.60. The van der Waals surface area contributed by atoms with Gasteiger partial charge in [0, 0.05) is 42.5 Å². The average molecular weight is 477 g/mol. The van der Waals surface area contributed by atoms with Crippen LogP contribution in [-0.4, -0.2) is 58.3 Å². The van der Waals surface area contributed by atoms with Crippen molar-refractivity contribution in [1.82, 2.24) is 25.5 Å². The Labute approximate surface area is 202 Å². The van der Waals surface area contributed by atoms with Gasteiger partial charge >= 0.3 is 0 Å². The SMILES string of the molecule is Cc1cc2cc(NC(=N[C@H]3CCCCN(CC(=O)NCCc4cnc[nH]4)C3=O)NC#N)ccc2o1. The first-order valence-electron chi connectivity index (χ1n) is 11.5. The average Bonchev–Trinajstić information content (AvgIpc) is 3.44. The molecule has 11 nitrogen and oxygen atoms in total. The monoisotopic (exact) mass is 476 g/mol. The van der Waals surface area contributed by atoms with Gasteiger partial charge in [-0.15, -0.1) is 0 Å². The van der Waals surface area contributed by atoms with Gasteiger partial charge in [0.1, 0.15) is 17.4 Å². The Morgan fingerprint density at radius 1 is 1.37 bits per heavy atom. The number of carbonyl (C=O) groups excluding carboxylic acids is 2. The Hall–Kier alpha value is -4.33. The quantitative estimate of drug-likeness (QED) is 0.176. The van der Waals surface area contributed by atoms with Crippen LogP contribution in [0.1, 0.15) is 30.7 Å². The van der Waals surface area contributed by atoms with Crippen LogP contribution in [0.4, 0.5) is 5.69 Å². The molecular formula is C24H28N8O3. The fourth-order valence-corrected chi connectivity index (χ4v) is 4.04. The second kappa shape index (κ2) is 11.2. The van der Waals surface area contributed by atoms with Crippen LogP contribution in [-0.2, 0) is 16.0 Å². The highest BCUT2D eigenvalue weighted by molar-refractivity contribution is 5.98. The van der Waals surface area contributed by atoms with Crippen LogP contribution >= 0.6 is 0 Å². The molecule has 3 heterocycles. The van der Waals surface area contributed by atoms with Crippen LogP contribution in [0.25, 0.3) is 11.0 Å². The summed E-state index contributed by atoms with van der Waals surface area (Å²) in [5.74, 6) is 0.526. The zero-order valence-corrected chi connectivity index (χ0v) is 19.5. The molecule has 0 spiro atoms. The van der Waals surface area contributed by atoms with Crippen LogP contribution in [0.15, 0.2) is 46.2 Å². The van der Waals surface area contributed by atoms with E-state index in [1.807, 2.05) is 37.4 Å². The number of carbonyl (C=O) groups is 2. The van der Waals surface area contributed by atoms with Gasteiger partial charge < -0.3 is 24.9 Å². The number of fused-ring (bicyclic) bond motifs is 1. The maximum absolute atomic E-state index is 13.2. The molecule has 2 aromatic heterocycles. The first kappa shape index (κ1) is 23.8. The number of imidazole rings is 1. The molecule has 1 aliphatic heterocycles. The molecule has 3 aromatic rings. The summed E-state index contributed by atoms with van der Waals surface area (Å²) in [6.45, 7) is 2.79. The number of rotatable bonds is 7. The summed E-state index contributed by atoms with van der Waals surface area (Å²) in [6.07, 6.45) is 7.91.